The molecule has 0 heterocycles. The van der Waals surface area contributed by atoms with E-state index in [4.69, 9.17) is 11.6 Å². The van der Waals surface area contributed by atoms with Crippen LogP contribution in [0, 0.1) is 11.3 Å². The van der Waals surface area contributed by atoms with Gasteiger partial charge in [0.15, 0.2) is 0 Å². The molecule has 0 amide bonds. The SMILES string of the molecule is C/C=C\C(=C1\C=CC(Cl)=CC1C)C1(C)CC1. The van der Waals surface area contributed by atoms with Gasteiger partial charge in [-0.1, -0.05) is 49.8 Å². The summed E-state index contributed by atoms with van der Waals surface area (Å²) in [5, 5.41) is 0.858. The number of halogens is 1. The first-order chi connectivity index (χ1) is 7.57. The standard InChI is InChI=1S/C15H19Cl/c1-4-5-14(15(3)8-9-15)13-7-6-12(16)10-11(13)2/h4-7,10-11H,8-9H2,1-3H3/b5-4-,14-13+. The molecule has 2 aliphatic carbocycles. The highest BCUT2D eigenvalue weighted by atomic mass is 35.5. The predicted octanol–water partition coefficient (Wildman–Crippen LogP) is 4.99. The first-order valence-electron chi connectivity index (χ1n) is 5.99. The van der Waals surface area contributed by atoms with E-state index in [1.165, 1.54) is 24.0 Å². The summed E-state index contributed by atoms with van der Waals surface area (Å²) in [5.74, 6) is 0.432. The summed E-state index contributed by atoms with van der Waals surface area (Å²) in [4.78, 5) is 0. The predicted molar refractivity (Wildman–Crippen MR) is 71.4 cm³/mol. The molecule has 2 aliphatic rings. The summed E-state index contributed by atoms with van der Waals surface area (Å²) in [6, 6.07) is 0. The lowest BCUT2D eigenvalue weighted by Crippen LogP contribution is -2.07. The van der Waals surface area contributed by atoms with Crippen LogP contribution in [0.5, 0.6) is 0 Å². The maximum atomic E-state index is 6.02. The smallest absolute Gasteiger partial charge is 0.0372 e. The van der Waals surface area contributed by atoms with Crippen LogP contribution in [0.25, 0.3) is 0 Å². The van der Waals surface area contributed by atoms with Gasteiger partial charge in [-0.25, -0.2) is 0 Å². The summed E-state index contributed by atoms with van der Waals surface area (Å²) in [5.41, 5.74) is 3.35. The van der Waals surface area contributed by atoms with Crippen LogP contribution < -0.4 is 0 Å². The van der Waals surface area contributed by atoms with E-state index >= 15 is 0 Å². The second-order valence-electron chi connectivity index (χ2n) is 5.10. The summed E-state index contributed by atoms with van der Waals surface area (Å²) in [6.45, 7) is 6.67. The normalized spacial score (nSPS) is 30.5. The molecule has 0 aromatic carbocycles. The summed E-state index contributed by atoms with van der Waals surface area (Å²) >= 11 is 6.02. The van der Waals surface area contributed by atoms with E-state index in [0.717, 1.165) is 5.03 Å². The van der Waals surface area contributed by atoms with E-state index in [9.17, 15) is 0 Å². The minimum Gasteiger partial charge on any atom is -0.0874 e. The Morgan fingerprint density at radius 3 is 2.62 bits per heavy atom. The average molecular weight is 235 g/mol. The third kappa shape index (κ3) is 2.17. The molecule has 1 heteroatoms. The van der Waals surface area contributed by atoms with E-state index in [1.807, 2.05) is 6.08 Å². The van der Waals surface area contributed by atoms with E-state index in [1.54, 1.807) is 0 Å². The van der Waals surface area contributed by atoms with Crippen molar-refractivity contribution in [3.05, 3.63) is 46.6 Å². The molecule has 0 aliphatic heterocycles. The van der Waals surface area contributed by atoms with Crippen LogP contribution in [0.3, 0.4) is 0 Å². The molecule has 0 spiro atoms. The molecule has 0 N–H and O–H groups in total. The maximum absolute atomic E-state index is 6.02. The van der Waals surface area contributed by atoms with E-state index in [-0.39, 0.29) is 0 Å². The first-order valence-corrected chi connectivity index (χ1v) is 6.37. The quantitative estimate of drug-likeness (QED) is 0.632. The molecule has 1 unspecified atom stereocenters. The van der Waals surface area contributed by atoms with Gasteiger partial charge in [-0.2, -0.15) is 0 Å². The minimum absolute atomic E-state index is 0.415. The zero-order valence-corrected chi connectivity index (χ0v) is 11.0. The van der Waals surface area contributed by atoms with Gasteiger partial charge < -0.3 is 0 Å². The summed E-state index contributed by atoms with van der Waals surface area (Å²) in [7, 11) is 0. The number of hydrogen-bond acceptors (Lipinski definition) is 0. The van der Waals surface area contributed by atoms with Gasteiger partial charge in [-0.3, -0.25) is 0 Å². The molecule has 0 aromatic rings. The lowest BCUT2D eigenvalue weighted by Gasteiger charge is -2.21. The maximum Gasteiger partial charge on any atom is 0.0372 e. The highest BCUT2D eigenvalue weighted by molar-refractivity contribution is 6.31. The van der Waals surface area contributed by atoms with Crippen molar-refractivity contribution in [1.29, 1.82) is 0 Å². The zero-order chi connectivity index (χ0) is 11.8. The Bertz CT molecular complexity index is 403. The van der Waals surface area contributed by atoms with Gasteiger partial charge >= 0.3 is 0 Å². The zero-order valence-electron chi connectivity index (χ0n) is 10.3. The number of hydrogen-bond donors (Lipinski definition) is 0. The average Bonchev–Trinajstić information content (AvgIpc) is 2.95. The molecular weight excluding hydrogens is 216 g/mol. The van der Waals surface area contributed by atoms with E-state index in [2.05, 4.69) is 45.1 Å². The van der Waals surface area contributed by atoms with Crippen molar-refractivity contribution in [3.63, 3.8) is 0 Å². The summed E-state index contributed by atoms with van der Waals surface area (Å²) < 4.78 is 0. The third-order valence-electron chi connectivity index (χ3n) is 3.62. The molecule has 0 bridgehead atoms. The molecule has 0 aromatic heterocycles. The van der Waals surface area contributed by atoms with E-state index < -0.39 is 0 Å². The van der Waals surface area contributed by atoms with Gasteiger partial charge in [0.2, 0.25) is 0 Å². The van der Waals surface area contributed by atoms with Crippen molar-refractivity contribution in [3.8, 4) is 0 Å². The van der Waals surface area contributed by atoms with Gasteiger partial charge in [0.05, 0.1) is 0 Å². The van der Waals surface area contributed by atoms with Crippen molar-refractivity contribution in [2.75, 3.05) is 0 Å². The van der Waals surface area contributed by atoms with Crippen LogP contribution in [0.1, 0.15) is 33.6 Å². The Morgan fingerprint density at radius 2 is 2.12 bits per heavy atom. The van der Waals surface area contributed by atoms with Crippen LogP contribution >= 0.6 is 11.6 Å². The van der Waals surface area contributed by atoms with Crippen LogP contribution in [-0.2, 0) is 0 Å². The van der Waals surface area contributed by atoms with Crippen LogP contribution in [-0.4, -0.2) is 0 Å². The van der Waals surface area contributed by atoms with Crippen LogP contribution in [0.2, 0.25) is 0 Å². The minimum atomic E-state index is 0.415. The van der Waals surface area contributed by atoms with Gasteiger partial charge in [0.25, 0.3) is 0 Å². The van der Waals surface area contributed by atoms with Crippen molar-refractivity contribution in [2.45, 2.75) is 33.6 Å². The fourth-order valence-electron chi connectivity index (χ4n) is 2.31. The Kier molecular flexibility index (Phi) is 3.12. The van der Waals surface area contributed by atoms with Crippen LogP contribution in [0.4, 0.5) is 0 Å². The fourth-order valence-corrected chi connectivity index (χ4v) is 2.56. The lowest BCUT2D eigenvalue weighted by molar-refractivity contribution is 0.683. The highest BCUT2D eigenvalue weighted by Gasteiger charge is 2.41. The van der Waals surface area contributed by atoms with Crippen molar-refractivity contribution < 1.29 is 0 Å². The van der Waals surface area contributed by atoms with Crippen LogP contribution in [0.15, 0.2) is 46.6 Å². The lowest BCUT2D eigenvalue weighted by atomic mass is 9.84. The molecule has 0 radical (unpaired) electrons. The molecule has 1 atom stereocenters. The number of allylic oxidation sites excluding steroid dienone is 8. The van der Waals surface area contributed by atoms with Crippen molar-refractivity contribution in [2.24, 2.45) is 11.3 Å². The van der Waals surface area contributed by atoms with Crippen molar-refractivity contribution in [1.82, 2.24) is 0 Å². The molecule has 0 saturated heterocycles. The second-order valence-corrected chi connectivity index (χ2v) is 5.54. The molecule has 1 saturated carbocycles. The van der Waals surface area contributed by atoms with E-state index in [0.29, 0.717) is 11.3 Å². The highest BCUT2D eigenvalue weighted by Crippen LogP contribution is 2.54. The van der Waals surface area contributed by atoms with Gasteiger partial charge in [-0.15, -0.1) is 0 Å². The summed E-state index contributed by atoms with van der Waals surface area (Å²) in [6.07, 6.45) is 13.4. The van der Waals surface area contributed by atoms with Crippen molar-refractivity contribution >= 4 is 11.6 Å². The third-order valence-corrected chi connectivity index (χ3v) is 3.87. The Morgan fingerprint density at radius 1 is 1.44 bits per heavy atom. The first kappa shape index (κ1) is 11.7. The van der Waals surface area contributed by atoms with Gasteiger partial charge in [0, 0.05) is 11.0 Å². The Hall–Kier alpha value is -0.750. The molecule has 16 heavy (non-hydrogen) atoms. The molecule has 86 valence electrons. The Balaban J connectivity index is 2.41. The topological polar surface area (TPSA) is 0 Å². The second kappa shape index (κ2) is 4.25. The number of rotatable bonds is 2. The van der Waals surface area contributed by atoms with Gasteiger partial charge in [-0.05, 0) is 42.4 Å². The van der Waals surface area contributed by atoms with Gasteiger partial charge in [0.1, 0.15) is 0 Å². The monoisotopic (exact) mass is 234 g/mol. The molecule has 0 nitrogen and oxygen atoms in total. The fraction of sp³-hybridized carbons (Fsp3) is 0.467. The molecule has 2 rings (SSSR count). The molecule has 1 fully saturated rings. The molecular formula is C15H19Cl. The Labute approximate surface area is 103 Å². The largest absolute Gasteiger partial charge is 0.0874 e.